The lowest BCUT2D eigenvalue weighted by atomic mass is 10.0. The Morgan fingerprint density at radius 1 is 1.43 bits per heavy atom. The van der Waals surface area contributed by atoms with Crippen LogP contribution in [0.3, 0.4) is 0 Å². The van der Waals surface area contributed by atoms with Crippen molar-refractivity contribution in [3.05, 3.63) is 35.9 Å². The lowest BCUT2D eigenvalue weighted by molar-refractivity contribution is 0.529. The van der Waals surface area contributed by atoms with Crippen LogP contribution in [0, 0.1) is 11.3 Å². The highest BCUT2D eigenvalue weighted by atomic mass is 15.2. The van der Waals surface area contributed by atoms with E-state index in [1.54, 1.807) is 0 Å². The number of nitrogen functional groups attached to an aromatic ring is 1. The number of aromatic nitrogens is 1. The number of para-hydroxylation sites is 1. The molecule has 1 aromatic carbocycles. The number of hydrogen-bond acceptors (Lipinski definition) is 3. The standard InChI is InChI=1S/C17H22N4/c1-2-5-12-8-9-21(11-12)17-14(16(18)19)10-13-6-3-4-7-15(13)20-17/h3-4,6-7,10,12H,2,5,8-9,11H2,1H3,(H3,18,19). The molecule has 4 heteroatoms. The van der Waals surface area contributed by atoms with E-state index in [1.807, 2.05) is 30.3 Å². The number of hydrogen-bond donors (Lipinski definition) is 2. The molecular weight excluding hydrogens is 260 g/mol. The fourth-order valence-corrected chi connectivity index (χ4v) is 3.21. The number of nitrogens with one attached hydrogen (secondary N) is 1. The number of amidine groups is 1. The number of rotatable bonds is 4. The summed E-state index contributed by atoms with van der Waals surface area (Å²) >= 11 is 0. The molecule has 0 aliphatic carbocycles. The fourth-order valence-electron chi connectivity index (χ4n) is 3.21. The summed E-state index contributed by atoms with van der Waals surface area (Å²) < 4.78 is 0. The molecule has 1 aliphatic heterocycles. The zero-order valence-corrected chi connectivity index (χ0v) is 12.5. The first-order chi connectivity index (χ1) is 10.2. The summed E-state index contributed by atoms with van der Waals surface area (Å²) in [6, 6.07) is 10.0. The van der Waals surface area contributed by atoms with E-state index < -0.39 is 0 Å². The molecule has 4 nitrogen and oxygen atoms in total. The van der Waals surface area contributed by atoms with Crippen LogP contribution >= 0.6 is 0 Å². The Kier molecular flexibility index (Phi) is 3.78. The zero-order valence-electron chi connectivity index (χ0n) is 12.5. The van der Waals surface area contributed by atoms with Gasteiger partial charge in [-0.05, 0) is 30.9 Å². The maximum Gasteiger partial charge on any atom is 0.140 e. The van der Waals surface area contributed by atoms with E-state index in [4.69, 9.17) is 16.1 Å². The molecule has 1 aromatic heterocycles. The number of benzene rings is 1. The van der Waals surface area contributed by atoms with E-state index in [-0.39, 0.29) is 5.84 Å². The highest BCUT2D eigenvalue weighted by Crippen LogP contribution is 2.29. The van der Waals surface area contributed by atoms with Crippen molar-refractivity contribution in [1.29, 1.82) is 5.41 Å². The lowest BCUT2D eigenvalue weighted by Gasteiger charge is -2.21. The van der Waals surface area contributed by atoms with Gasteiger partial charge in [0.15, 0.2) is 0 Å². The third-order valence-electron chi connectivity index (χ3n) is 4.28. The topological polar surface area (TPSA) is 66.0 Å². The van der Waals surface area contributed by atoms with E-state index in [1.165, 1.54) is 19.3 Å². The molecule has 0 radical (unpaired) electrons. The molecule has 1 saturated heterocycles. The van der Waals surface area contributed by atoms with Crippen LogP contribution in [0.1, 0.15) is 31.7 Å². The van der Waals surface area contributed by atoms with Gasteiger partial charge in [-0.3, -0.25) is 5.41 Å². The van der Waals surface area contributed by atoms with Crippen molar-refractivity contribution in [1.82, 2.24) is 4.98 Å². The predicted octanol–water partition coefficient (Wildman–Crippen LogP) is 3.15. The van der Waals surface area contributed by atoms with Gasteiger partial charge in [0.1, 0.15) is 11.7 Å². The highest BCUT2D eigenvalue weighted by molar-refractivity contribution is 6.03. The Bertz CT molecular complexity index is 665. The fraction of sp³-hybridized carbons (Fsp3) is 0.412. The Balaban J connectivity index is 2.00. The molecule has 2 heterocycles. The second-order valence-electron chi connectivity index (χ2n) is 5.86. The van der Waals surface area contributed by atoms with Crippen molar-refractivity contribution < 1.29 is 0 Å². The smallest absolute Gasteiger partial charge is 0.140 e. The molecule has 0 spiro atoms. The summed E-state index contributed by atoms with van der Waals surface area (Å²) in [7, 11) is 0. The maximum absolute atomic E-state index is 7.86. The Morgan fingerprint density at radius 2 is 2.24 bits per heavy atom. The normalized spacial score (nSPS) is 18.3. The van der Waals surface area contributed by atoms with E-state index in [2.05, 4.69) is 11.8 Å². The predicted molar refractivity (Wildman–Crippen MR) is 88.0 cm³/mol. The van der Waals surface area contributed by atoms with Crippen molar-refractivity contribution in [2.24, 2.45) is 11.7 Å². The van der Waals surface area contributed by atoms with E-state index in [0.717, 1.165) is 41.3 Å². The van der Waals surface area contributed by atoms with Gasteiger partial charge < -0.3 is 10.6 Å². The van der Waals surface area contributed by atoms with Crippen LogP contribution in [-0.4, -0.2) is 23.9 Å². The largest absolute Gasteiger partial charge is 0.384 e. The average molecular weight is 282 g/mol. The minimum atomic E-state index is 0.0993. The summed E-state index contributed by atoms with van der Waals surface area (Å²) in [5.74, 6) is 1.71. The number of nitrogens with zero attached hydrogens (tertiary/aromatic N) is 2. The molecule has 21 heavy (non-hydrogen) atoms. The molecule has 2 aromatic rings. The lowest BCUT2D eigenvalue weighted by Crippen LogP contribution is -2.25. The quantitative estimate of drug-likeness (QED) is 0.668. The first-order valence-electron chi connectivity index (χ1n) is 7.68. The second kappa shape index (κ2) is 5.72. The summed E-state index contributed by atoms with van der Waals surface area (Å²) in [5, 5.41) is 8.90. The number of nitrogens with two attached hydrogens (primary N) is 1. The SMILES string of the molecule is CCCC1CCN(c2nc3ccccc3cc2C(=N)N)C1. The van der Waals surface area contributed by atoms with E-state index in [9.17, 15) is 0 Å². The van der Waals surface area contributed by atoms with Crippen LogP contribution in [0.5, 0.6) is 0 Å². The van der Waals surface area contributed by atoms with Gasteiger partial charge in [-0.15, -0.1) is 0 Å². The van der Waals surface area contributed by atoms with Gasteiger partial charge in [0, 0.05) is 18.5 Å². The molecule has 0 amide bonds. The van der Waals surface area contributed by atoms with Crippen LogP contribution in [0.2, 0.25) is 0 Å². The average Bonchev–Trinajstić information content (AvgIpc) is 2.94. The van der Waals surface area contributed by atoms with Crippen LogP contribution < -0.4 is 10.6 Å². The van der Waals surface area contributed by atoms with Gasteiger partial charge in [0.25, 0.3) is 0 Å². The molecule has 1 fully saturated rings. The summed E-state index contributed by atoms with van der Waals surface area (Å²) in [4.78, 5) is 7.07. The van der Waals surface area contributed by atoms with Gasteiger partial charge in [-0.1, -0.05) is 31.5 Å². The second-order valence-corrected chi connectivity index (χ2v) is 5.86. The summed E-state index contributed by atoms with van der Waals surface area (Å²) in [6.45, 7) is 4.27. The van der Waals surface area contributed by atoms with Crippen molar-refractivity contribution in [3.63, 3.8) is 0 Å². The Morgan fingerprint density at radius 3 is 3.00 bits per heavy atom. The van der Waals surface area contributed by atoms with Crippen molar-refractivity contribution >= 4 is 22.6 Å². The monoisotopic (exact) mass is 282 g/mol. The van der Waals surface area contributed by atoms with Gasteiger partial charge >= 0.3 is 0 Å². The molecule has 3 N–H and O–H groups in total. The van der Waals surface area contributed by atoms with Gasteiger partial charge in [0.05, 0.1) is 11.1 Å². The third-order valence-corrected chi connectivity index (χ3v) is 4.28. The molecule has 0 saturated carbocycles. The third kappa shape index (κ3) is 2.71. The molecule has 0 bridgehead atoms. The molecule has 1 aliphatic rings. The summed E-state index contributed by atoms with van der Waals surface area (Å²) in [6.07, 6.45) is 3.70. The molecule has 1 unspecified atom stereocenters. The van der Waals surface area contributed by atoms with Crippen LogP contribution in [-0.2, 0) is 0 Å². The van der Waals surface area contributed by atoms with Crippen LogP contribution in [0.4, 0.5) is 5.82 Å². The highest BCUT2D eigenvalue weighted by Gasteiger charge is 2.25. The maximum atomic E-state index is 7.86. The van der Waals surface area contributed by atoms with Crippen LogP contribution in [0.25, 0.3) is 10.9 Å². The summed E-state index contributed by atoms with van der Waals surface area (Å²) in [5.41, 5.74) is 7.51. The van der Waals surface area contributed by atoms with E-state index >= 15 is 0 Å². The minimum absolute atomic E-state index is 0.0993. The molecule has 110 valence electrons. The number of anilines is 1. The van der Waals surface area contributed by atoms with E-state index in [0.29, 0.717) is 0 Å². The van der Waals surface area contributed by atoms with Gasteiger partial charge in [0.2, 0.25) is 0 Å². The molecule has 3 rings (SSSR count). The Hall–Kier alpha value is -2.10. The van der Waals surface area contributed by atoms with Crippen molar-refractivity contribution in [3.8, 4) is 0 Å². The molecule has 1 atom stereocenters. The van der Waals surface area contributed by atoms with Gasteiger partial charge in [-0.2, -0.15) is 0 Å². The first kappa shape index (κ1) is 13.9. The minimum Gasteiger partial charge on any atom is -0.384 e. The molecular formula is C17H22N4. The first-order valence-corrected chi connectivity index (χ1v) is 7.68. The van der Waals surface area contributed by atoms with Crippen molar-refractivity contribution in [2.45, 2.75) is 26.2 Å². The number of pyridine rings is 1. The van der Waals surface area contributed by atoms with Crippen molar-refractivity contribution in [2.75, 3.05) is 18.0 Å². The Labute approximate surface area is 125 Å². The zero-order chi connectivity index (χ0) is 14.8. The number of fused-ring (bicyclic) bond motifs is 1. The van der Waals surface area contributed by atoms with Gasteiger partial charge in [-0.25, -0.2) is 4.98 Å². The van der Waals surface area contributed by atoms with Crippen LogP contribution in [0.15, 0.2) is 30.3 Å².